The predicted octanol–water partition coefficient (Wildman–Crippen LogP) is 2.06. The summed E-state index contributed by atoms with van der Waals surface area (Å²) in [6, 6.07) is 3.97. The summed E-state index contributed by atoms with van der Waals surface area (Å²) < 4.78 is 6.59. The van der Waals surface area contributed by atoms with Gasteiger partial charge in [0.2, 0.25) is 0 Å². The van der Waals surface area contributed by atoms with Gasteiger partial charge >= 0.3 is 0 Å². The van der Waals surface area contributed by atoms with Crippen LogP contribution in [0.25, 0.3) is 0 Å². The highest BCUT2D eigenvalue weighted by atomic mass is 79.9. The van der Waals surface area contributed by atoms with Crippen LogP contribution in [0, 0.1) is 0 Å². The molecular weight excluding hydrogens is 256 g/mol. The zero-order chi connectivity index (χ0) is 10.7. The molecule has 82 valence electrons. The highest BCUT2D eigenvalue weighted by Crippen LogP contribution is 2.16. The Bertz CT molecular complexity index is 332. The first-order chi connectivity index (χ1) is 7.25. The number of pyridine rings is 1. The van der Waals surface area contributed by atoms with E-state index in [0.29, 0.717) is 6.10 Å². The molecule has 0 radical (unpaired) electrons. The smallest absolute Gasteiger partial charge is 0.0685 e. The Hall–Kier alpha value is -0.450. The summed E-state index contributed by atoms with van der Waals surface area (Å²) in [5.74, 6) is 0. The molecule has 1 aromatic rings. The van der Waals surface area contributed by atoms with Gasteiger partial charge in [0.1, 0.15) is 0 Å². The molecule has 0 aliphatic carbocycles. The van der Waals surface area contributed by atoms with E-state index in [1.807, 2.05) is 18.3 Å². The second kappa shape index (κ2) is 5.05. The minimum absolute atomic E-state index is 0.334. The van der Waals surface area contributed by atoms with Crippen LogP contribution in [0.4, 0.5) is 0 Å². The highest BCUT2D eigenvalue weighted by molar-refractivity contribution is 9.10. The number of morpholine rings is 1. The van der Waals surface area contributed by atoms with Crippen LogP contribution in [0.2, 0.25) is 0 Å². The first-order valence-electron chi connectivity index (χ1n) is 5.19. The summed E-state index contributed by atoms with van der Waals surface area (Å²) in [4.78, 5) is 6.74. The van der Waals surface area contributed by atoms with Crippen molar-refractivity contribution < 1.29 is 4.74 Å². The molecule has 15 heavy (non-hydrogen) atoms. The molecule has 0 bridgehead atoms. The summed E-state index contributed by atoms with van der Waals surface area (Å²) in [6.45, 7) is 5.82. The standard InChI is InChI=1S/C11H15BrN2O/c1-9-7-14(5-6-15-9)8-11-10(12)3-2-4-13-11/h2-4,9H,5-8H2,1H3. The summed E-state index contributed by atoms with van der Waals surface area (Å²) in [5.41, 5.74) is 1.10. The molecule has 1 aromatic heterocycles. The first kappa shape index (κ1) is 11.0. The lowest BCUT2D eigenvalue weighted by molar-refractivity contribution is -0.0216. The fourth-order valence-electron chi connectivity index (χ4n) is 1.78. The lowest BCUT2D eigenvalue weighted by atomic mass is 10.2. The SMILES string of the molecule is CC1CN(Cc2ncccc2Br)CCO1. The minimum atomic E-state index is 0.334. The summed E-state index contributed by atoms with van der Waals surface area (Å²) in [7, 11) is 0. The number of hydrogen-bond acceptors (Lipinski definition) is 3. The van der Waals surface area contributed by atoms with Gasteiger partial charge in [0, 0.05) is 30.3 Å². The van der Waals surface area contributed by atoms with Crippen LogP contribution < -0.4 is 0 Å². The van der Waals surface area contributed by atoms with Gasteiger partial charge in [-0.3, -0.25) is 9.88 Å². The van der Waals surface area contributed by atoms with E-state index in [-0.39, 0.29) is 0 Å². The largest absolute Gasteiger partial charge is 0.376 e. The number of halogens is 1. The van der Waals surface area contributed by atoms with E-state index in [1.165, 1.54) is 0 Å². The molecule has 1 unspecified atom stereocenters. The Balaban J connectivity index is 1.99. The van der Waals surface area contributed by atoms with Crippen molar-refractivity contribution in [3.63, 3.8) is 0 Å². The van der Waals surface area contributed by atoms with Gasteiger partial charge in [-0.1, -0.05) is 0 Å². The van der Waals surface area contributed by atoms with Crippen molar-refractivity contribution in [1.82, 2.24) is 9.88 Å². The predicted molar refractivity (Wildman–Crippen MR) is 62.6 cm³/mol. The lowest BCUT2D eigenvalue weighted by Gasteiger charge is -2.30. The molecule has 1 aliphatic heterocycles. The average molecular weight is 271 g/mol. The van der Waals surface area contributed by atoms with Crippen molar-refractivity contribution in [3.05, 3.63) is 28.5 Å². The van der Waals surface area contributed by atoms with Gasteiger partial charge in [-0.15, -0.1) is 0 Å². The van der Waals surface area contributed by atoms with Crippen molar-refractivity contribution >= 4 is 15.9 Å². The molecule has 4 heteroatoms. The number of nitrogens with zero attached hydrogens (tertiary/aromatic N) is 2. The number of aromatic nitrogens is 1. The van der Waals surface area contributed by atoms with Gasteiger partial charge in [-0.05, 0) is 35.0 Å². The van der Waals surface area contributed by atoms with Crippen molar-refractivity contribution in [1.29, 1.82) is 0 Å². The summed E-state index contributed by atoms with van der Waals surface area (Å²) in [5, 5.41) is 0. The van der Waals surface area contributed by atoms with Crippen LogP contribution in [0.1, 0.15) is 12.6 Å². The van der Waals surface area contributed by atoms with Crippen molar-refractivity contribution in [2.45, 2.75) is 19.6 Å². The second-order valence-electron chi connectivity index (χ2n) is 3.85. The molecule has 0 amide bonds. The Morgan fingerprint density at radius 1 is 1.67 bits per heavy atom. The molecule has 0 aromatic carbocycles. The molecule has 2 rings (SSSR count). The van der Waals surface area contributed by atoms with E-state index in [0.717, 1.165) is 36.4 Å². The van der Waals surface area contributed by atoms with E-state index in [9.17, 15) is 0 Å². The third-order valence-corrected chi connectivity index (χ3v) is 3.26. The molecule has 3 nitrogen and oxygen atoms in total. The van der Waals surface area contributed by atoms with Crippen LogP contribution in [-0.4, -0.2) is 35.7 Å². The van der Waals surface area contributed by atoms with E-state index in [4.69, 9.17) is 4.74 Å². The maximum atomic E-state index is 5.50. The van der Waals surface area contributed by atoms with E-state index in [1.54, 1.807) is 0 Å². The minimum Gasteiger partial charge on any atom is -0.376 e. The van der Waals surface area contributed by atoms with Crippen molar-refractivity contribution in [3.8, 4) is 0 Å². The fraction of sp³-hybridized carbons (Fsp3) is 0.545. The fourth-order valence-corrected chi connectivity index (χ4v) is 2.16. The van der Waals surface area contributed by atoms with E-state index in [2.05, 4.69) is 32.7 Å². The molecule has 0 saturated carbocycles. The normalized spacial score (nSPS) is 22.9. The van der Waals surface area contributed by atoms with Gasteiger partial charge in [0.25, 0.3) is 0 Å². The Morgan fingerprint density at radius 3 is 3.27 bits per heavy atom. The summed E-state index contributed by atoms with van der Waals surface area (Å²) in [6.07, 6.45) is 2.17. The van der Waals surface area contributed by atoms with Crippen LogP contribution in [0.5, 0.6) is 0 Å². The zero-order valence-electron chi connectivity index (χ0n) is 8.82. The first-order valence-corrected chi connectivity index (χ1v) is 5.98. The number of ether oxygens (including phenoxy) is 1. The van der Waals surface area contributed by atoms with Crippen molar-refractivity contribution in [2.75, 3.05) is 19.7 Å². The van der Waals surface area contributed by atoms with Crippen LogP contribution >= 0.6 is 15.9 Å². The van der Waals surface area contributed by atoms with Crippen LogP contribution in [-0.2, 0) is 11.3 Å². The Kier molecular flexibility index (Phi) is 3.72. The van der Waals surface area contributed by atoms with Gasteiger partial charge in [-0.25, -0.2) is 0 Å². The average Bonchev–Trinajstić information content (AvgIpc) is 2.22. The zero-order valence-corrected chi connectivity index (χ0v) is 10.4. The molecule has 1 saturated heterocycles. The highest BCUT2D eigenvalue weighted by Gasteiger charge is 2.17. The van der Waals surface area contributed by atoms with Crippen LogP contribution in [0.3, 0.4) is 0 Å². The lowest BCUT2D eigenvalue weighted by Crippen LogP contribution is -2.40. The molecule has 0 spiro atoms. The van der Waals surface area contributed by atoms with Crippen LogP contribution in [0.15, 0.2) is 22.8 Å². The Labute approximate surface area is 98.6 Å². The van der Waals surface area contributed by atoms with Gasteiger partial charge < -0.3 is 4.74 Å². The maximum absolute atomic E-state index is 5.50. The van der Waals surface area contributed by atoms with Gasteiger partial charge in [0.05, 0.1) is 18.4 Å². The number of hydrogen-bond donors (Lipinski definition) is 0. The molecular formula is C11H15BrN2O. The number of rotatable bonds is 2. The third kappa shape index (κ3) is 3.00. The monoisotopic (exact) mass is 270 g/mol. The summed E-state index contributed by atoms with van der Waals surface area (Å²) >= 11 is 3.52. The van der Waals surface area contributed by atoms with E-state index < -0.39 is 0 Å². The second-order valence-corrected chi connectivity index (χ2v) is 4.70. The molecule has 1 fully saturated rings. The topological polar surface area (TPSA) is 25.4 Å². The molecule has 1 atom stereocenters. The maximum Gasteiger partial charge on any atom is 0.0685 e. The third-order valence-electron chi connectivity index (χ3n) is 2.53. The quantitative estimate of drug-likeness (QED) is 0.823. The van der Waals surface area contributed by atoms with Gasteiger partial charge in [0.15, 0.2) is 0 Å². The molecule has 0 N–H and O–H groups in total. The Morgan fingerprint density at radius 2 is 2.53 bits per heavy atom. The molecule has 2 heterocycles. The van der Waals surface area contributed by atoms with E-state index >= 15 is 0 Å². The van der Waals surface area contributed by atoms with Crippen molar-refractivity contribution in [2.24, 2.45) is 0 Å². The molecule has 1 aliphatic rings. The van der Waals surface area contributed by atoms with Gasteiger partial charge in [-0.2, -0.15) is 0 Å².